The van der Waals surface area contributed by atoms with E-state index in [0.717, 1.165) is 37.7 Å². The lowest BCUT2D eigenvalue weighted by atomic mass is 10.0. The lowest BCUT2D eigenvalue weighted by Gasteiger charge is -2.29. The van der Waals surface area contributed by atoms with Crippen LogP contribution in [0, 0.1) is 0 Å². The third kappa shape index (κ3) is 5.70. The Morgan fingerprint density at radius 3 is 2.56 bits per heavy atom. The Balaban J connectivity index is 1.43. The molecule has 0 saturated carbocycles. The number of imidazole rings is 1. The van der Waals surface area contributed by atoms with Crippen molar-refractivity contribution in [3.8, 4) is 22.8 Å². The number of primary amides is 1. The van der Waals surface area contributed by atoms with Crippen LogP contribution in [0.4, 0.5) is 13.2 Å². The minimum atomic E-state index is -4.55. The SMILES string of the molecule is C[C@H](Oc1cc(-c2cnc3cc(OC4CCN(C)CC4)ccn23)ccc1C(N)=O)c1ccccc1C(F)(F)F. The van der Waals surface area contributed by atoms with E-state index < -0.39 is 23.8 Å². The highest BCUT2D eigenvalue weighted by molar-refractivity contribution is 5.96. The molecule has 1 aliphatic rings. The summed E-state index contributed by atoms with van der Waals surface area (Å²) in [6.07, 6.45) is 0.0629. The fraction of sp³-hybridized carbons (Fsp3) is 0.310. The quantitative estimate of drug-likeness (QED) is 0.325. The monoisotopic (exact) mass is 538 g/mol. The van der Waals surface area contributed by atoms with Crippen molar-refractivity contribution >= 4 is 11.6 Å². The second kappa shape index (κ2) is 10.6. The number of alkyl halides is 3. The van der Waals surface area contributed by atoms with Crippen LogP contribution in [0.3, 0.4) is 0 Å². The summed E-state index contributed by atoms with van der Waals surface area (Å²) in [6, 6.07) is 13.7. The van der Waals surface area contributed by atoms with Crippen LogP contribution in [0.15, 0.2) is 67.0 Å². The average molecular weight is 539 g/mol. The van der Waals surface area contributed by atoms with Crippen LogP contribution in [0.2, 0.25) is 0 Å². The molecule has 4 aromatic rings. The largest absolute Gasteiger partial charge is 0.490 e. The summed E-state index contributed by atoms with van der Waals surface area (Å²) in [5.41, 5.74) is 6.82. The average Bonchev–Trinajstić information content (AvgIpc) is 3.32. The lowest BCUT2D eigenvalue weighted by Crippen LogP contribution is -2.35. The number of hydrogen-bond donors (Lipinski definition) is 1. The number of halogens is 3. The number of piperidine rings is 1. The van der Waals surface area contributed by atoms with E-state index >= 15 is 0 Å². The first-order valence-corrected chi connectivity index (χ1v) is 12.7. The number of carbonyl (C=O) groups is 1. The van der Waals surface area contributed by atoms with Crippen molar-refractivity contribution in [2.24, 2.45) is 5.73 Å². The molecular formula is C29H29F3N4O3. The number of pyridine rings is 1. The van der Waals surface area contributed by atoms with Crippen LogP contribution in [0.25, 0.3) is 16.9 Å². The number of amides is 1. The van der Waals surface area contributed by atoms with Crippen molar-refractivity contribution in [1.82, 2.24) is 14.3 Å². The Hall–Kier alpha value is -4.05. The van der Waals surface area contributed by atoms with Crippen LogP contribution in [0.1, 0.15) is 47.4 Å². The van der Waals surface area contributed by atoms with E-state index in [0.29, 0.717) is 16.9 Å². The number of nitrogens with two attached hydrogens (primary N) is 1. The van der Waals surface area contributed by atoms with Crippen molar-refractivity contribution < 1.29 is 27.4 Å². The van der Waals surface area contributed by atoms with Crippen molar-refractivity contribution in [2.45, 2.75) is 38.1 Å². The zero-order chi connectivity index (χ0) is 27.7. The molecule has 3 heterocycles. The lowest BCUT2D eigenvalue weighted by molar-refractivity contribution is -0.139. The van der Waals surface area contributed by atoms with Gasteiger partial charge in [-0.05, 0) is 51.1 Å². The van der Waals surface area contributed by atoms with E-state index in [1.807, 2.05) is 22.7 Å². The first-order chi connectivity index (χ1) is 18.6. The number of likely N-dealkylation sites (tertiary alicyclic amines) is 1. The van der Waals surface area contributed by atoms with Crippen molar-refractivity contribution in [3.63, 3.8) is 0 Å². The highest BCUT2D eigenvalue weighted by atomic mass is 19.4. The Kier molecular flexibility index (Phi) is 7.22. The molecule has 0 unspecified atom stereocenters. The zero-order valence-electron chi connectivity index (χ0n) is 21.6. The first kappa shape index (κ1) is 26.6. The molecule has 0 spiro atoms. The minimum Gasteiger partial charge on any atom is -0.490 e. The number of fused-ring (bicyclic) bond motifs is 1. The van der Waals surface area contributed by atoms with Gasteiger partial charge in [0.15, 0.2) is 0 Å². The summed E-state index contributed by atoms with van der Waals surface area (Å²) < 4.78 is 54.7. The first-order valence-electron chi connectivity index (χ1n) is 12.7. The second-order valence-electron chi connectivity index (χ2n) is 9.77. The molecule has 39 heavy (non-hydrogen) atoms. The van der Waals surface area contributed by atoms with Gasteiger partial charge in [-0.25, -0.2) is 4.98 Å². The predicted octanol–water partition coefficient (Wildman–Crippen LogP) is 5.73. The molecule has 0 aliphatic carbocycles. The maximum atomic E-state index is 13.6. The highest BCUT2D eigenvalue weighted by Gasteiger charge is 2.35. The number of rotatable bonds is 7. The molecule has 1 atom stereocenters. The molecule has 1 saturated heterocycles. The van der Waals surface area contributed by atoms with Gasteiger partial charge in [0.2, 0.25) is 0 Å². The van der Waals surface area contributed by atoms with Crippen molar-refractivity contribution in [3.05, 3.63) is 83.7 Å². The van der Waals surface area contributed by atoms with Gasteiger partial charge in [0.1, 0.15) is 29.4 Å². The van der Waals surface area contributed by atoms with Gasteiger partial charge in [0.05, 0.1) is 23.0 Å². The second-order valence-corrected chi connectivity index (χ2v) is 9.77. The molecule has 5 rings (SSSR count). The standard InChI is InChI=1S/C29H29F3N4O3/c1-18(22-5-3-4-6-24(22)29(30,31)32)38-26-15-19(7-8-23(26)28(33)37)25-17-34-27-16-21(11-14-36(25)27)39-20-9-12-35(2)13-10-20/h3-8,11,14-18,20H,9-10,12-13H2,1-2H3,(H2,33,37)/t18-/m0/s1. The summed E-state index contributed by atoms with van der Waals surface area (Å²) in [6.45, 7) is 3.49. The molecule has 1 aliphatic heterocycles. The Morgan fingerprint density at radius 2 is 1.85 bits per heavy atom. The van der Waals surface area contributed by atoms with Crippen LogP contribution in [-0.2, 0) is 6.18 Å². The summed E-state index contributed by atoms with van der Waals surface area (Å²) >= 11 is 0. The van der Waals surface area contributed by atoms with Gasteiger partial charge in [-0.2, -0.15) is 13.2 Å². The molecule has 1 fully saturated rings. The van der Waals surface area contributed by atoms with E-state index in [1.165, 1.54) is 31.2 Å². The van der Waals surface area contributed by atoms with Gasteiger partial charge >= 0.3 is 6.18 Å². The molecule has 0 bridgehead atoms. The number of nitrogens with zero attached hydrogens (tertiary/aromatic N) is 3. The van der Waals surface area contributed by atoms with Gasteiger partial charge in [0, 0.05) is 36.5 Å². The summed E-state index contributed by atoms with van der Waals surface area (Å²) in [5.74, 6) is 0.0720. The molecule has 204 valence electrons. The predicted molar refractivity (Wildman–Crippen MR) is 141 cm³/mol. The molecular weight excluding hydrogens is 509 g/mol. The Bertz CT molecular complexity index is 1490. The Labute approximate surface area is 224 Å². The van der Waals surface area contributed by atoms with Crippen LogP contribution < -0.4 is 15.2 Å². The number of ether oxygens (including phenoxy) is 2. The summed E-state index contributed by atoms with van der Waals surface area (Å²) in [4.78, 5) is 18.9. The van der Waals surface area contributed by atoms with Crippen molar-refractivity contribution in [1.29, 1.82) is 0 Å². The van der Waals surface area contributed by atoms with Crippen molar-refractivity contribution in [2.75, 3.05) is 20.1 Å². The molecule has 2 N–H and O–H groups in total. The van der Waals surface area contributed by atoms with Crippen LogP contribution >= 0.6 is 0 Å². The molecule has 7 nitrogen and oxygen atoms in total. The Morgan fingerprint density at radius 1 is 1.10 bits per heavy atom. The maximum Gasteiger partial charge on any atom is 0.416 e. The van der Waals surface area contributed by atoms with Gasteiger partial charge < -0.3 is 20.1 Å². The van der Waals surface area contributed by atoms with Gasteiger partial charge in [-0.15, -0.1) is 0 Å². The number of aromatic nitrogens is 2. The molecule has 2 aromatic heterocycles. The summed E-state index contributed by atoms with van der Waals surface area (Å²) in [5, 5.41) is 0. The van der Waals surface area contributed by atoms with E-state index in [-0.39, 0.29) is 23.0 Å². The number of hydrogen-bond acceptors (Lipinski definition) is 5. The summed E-state index contributed by atoms with van der Waals surface area (Å²) in [7, 11) is 2.10. The molecule has 1 amide bonds. The van der Waals surface area contributed by atoms with Gasteiger partial charge in [0.25, 0.3) is 5.91 Å². The number of carbonyl (C=O) groups excluding carboxylic acids is 1. The fourth-order valence-electron chi connectivity index (χ4n) is 4.89. The zero-order valence-corrected chi connectivity index (χ0v) is 21.6. The number of benzene rings is 2. The van der Waals surface area contributed by atoms with Crippen LogP contribution in [-0.4, -0.2) is 46.4 Å². The smallest absolute Gasteiger partial charge is 0.416 e. The van der Waals surface area contributed by atoms with Gasteiger partial charge in [-0.1, -0.05) is 24.3 Å². The minimum absolute atomic E-state index is 0.0437. The third-order valence-corrected chi connectivity index (χ3v) is 7.00. The molecule has 10 heteroatoms. The topological polar surface area (TPSA) is 82.1 Å². The van der Waals surface area contributed by atoms with E-state index in [4.69, 9.17) is 15.2 Å². The van der Waals surface area contributed by atoms with E-state index in [2.05, 4.69) is 16.9 Å². The van der Waals surface area contributed by atoms with E-state index in [1.54, 1.807) is 18.3 Å². The van der Waals surface area contributed by atoms with Gasteiger partial charge in [-0.3, -0.25) is 9.20 Å². The third-order valence-electron chi connectivity index (χ3n) is 7.00. The highest BCUT2D eigenvalue weighted by Crippen LogP contribution is 2.37. The van der Waals surface area contributed by atoms with Crippen LogP contribution in [0.5, 0.6) is 11.5 Å². The molecule has 2 aromatic carbocycles. The maximum absolute atomic E-state index is 13.6. The molecule has 0 radical (unpaired) electrons. The van der Waals surface area contributed by atoms with E-state index in [9.17, 15) is 18.0 Å². The normalized spacial score (nSPS) is 15.8. The fourth-order valence-corrected chi connectivity index (χ4v) is 4.89.